The minimum atomic E-state index is 0.191. The molecule has 160 valence electrons. The van der Waals surface area contributed by atoms with Gasteiger partial charge in [0.15, 0.2) is 11.6 Å². The van der Waals surface area contributed by atoms with Crippen LogP contribution in [0.1, 0.15) is 16.7 Å². The molecular formula is C20H19N11S. The smallest absolute Gasteiger partial charge is 0.252 e. The van der Waals surface area contributed by atoms with Gasteiger partial charge in [0.1, 0.15) is 29.2 Å². The van der Waals surface area contributed by atoms with E-state index in [0.717, 1.165) is 24.6 Å². The van der Waals surface area contributed by atoms with E-state index in [4.69, 9.17) is 0 Å². The van der Waals surface area contributed by atoms with Gasteiger partial charge in [0.25, 0.3) is 5.95 Å². The Balaban J connectivity index is 1.80. The maximum atomic E-state index is 9.86. The van der Waals surface area contributed by atoms with E-state index >= 15 is 0 Å². The van der Waals surface area contributed by atoms with E-state index in [-0.39, 0.29) is 17.3 Å². The third kappa shape index (κ3) is 3.96. The van der Waals surface area contributed by atoms with Gasteiger partial charge in [-0.2, -0.15) is 32.1 Å². The number of aromatic nitrogens is 5. The summed E-state index contributed by atoms with van der Waals surface area (Å²) in [5.41, 5.74) is 1.76. The zero-order chi connectivity index (χ0) is 22.5. The van der Waals surface area contributed by atoms with Gasteiger partial charge in [-0.25, -0.2) is 15.0 Å². The van der Waals surface area contributed by atoms with Gasteiger partial charge in [-0.1, -0.05) is 0 Å². The highest BCUT2D eigenvalue weighted by Gasteiger charge is 2.23. The molecule has 0 amide bonds. The number of azo groups is 1. The maximum Gasteiger partial charge on any atom is 0.252 e. The van der Waals surface area contributed by atoms with Gasteiger partial charge < -0.3 is 10.2 Å². The average Bonchev–Trinajstić information content (AvgIpc) is 3.26. The Bertz CT molecular complexity index is 1230. The number of nitrogens with zero attached hydrogens (tertiary/aromatic N) is 10. The number of nitriles is 2. The Morgan fingerprint density at radius 3 is 2.53 bits per heavy atom. The number of hydrogen-bond acceptors (Lipinski definition) is 11. The fraction of sp³-hybridized carbons (Fsp3) is 0.300. The van der Waals surface area contributed by atoms with E-state index in [9.17, 15) is 10.5 Å². The first-order chi connectivity index (χ1) is 15.7. The van der Waals surface area contributed by atoms with Crippen molar-refractivity contribution in [1.82, 2.24) is 24.7 Å². The SMILES string of the molecule is CNc1nc(N2CCSCC2)c(C#N)c(C)c1N=Nc1c(C#N)cnn1-c1ncccn1. The summed E-state index contributed by atoms with van der Waals surface area (Å²) in [6, 6.07) is 6.01. The molecule has 11 nitrogen and oxygen atoms in total. The van der Waals surface area contributed by atoms with Gasteiger partial charge in [-0.15, -0.1) is 10.2 Å². The van der Waals surface area contributed by atoms with Crippen molar-refractivity contribution in [3.63, 3.8) is 0 Å². The lowest BCUT2D eigenvalue weighted by molar-refractivity contribution is 0.802. The summed E-state index contributed by atoms with van der Waals surface area (Å²) in [6.07, 6.45) is 4.52. The monoisotopic (exact) mass is 445 g/mol. The normalized spacial score (nSPS) is 13.7. The summed E-state index contributed by atoms with van der Waals surface area (Å²) in [5, 5.41) is 35.2. The summed E-state index contributed by atoms with van der Waals surface area (Å²) in [4.78, 5) is 15.1. The predicted octanol–water partition coefficient (Wildman–Crippen LogP) is 3.12. The molecule has 0 atom stereocenters. The lowest BCUT2D eigenvalue weighted by atomic mass is 10.1. The summed E-state index contributed by atoms with van der Waals surface area (Å²) in [5.74, 6) is 3.58. The van der Waals surface area contributed by atoms with Crippen molar-refractivity contribution in [2.24, 2.45) is 10.2 Å². The molecule has 0 unspecified atom stereocenters. The fourth-order valence-corrected chi connectivity index (χ4v) is 4.18. The first-order valence-electron chi connectivity index (χ1n) is 9.80. The molecule has 32 heavy (non-hydrogen) atoms. The van der Waals surface area contributed by atoms with Crippen molar-refractivity contribution in [2.45, 2.75) is 6.92 Å². The number of nitrogens with one attached hydrogen (secondary N) is 1. The summed E-state index contributed by atoms with van der Waals surface area (Å²) >= 11 is 1.89. The molecule has 1 N–H and O–H groups in total. The third-order valence-corrected chi connectivity index (χ3v) is 5.85. The molecule has 0 aliphatic carbocycles. The van der Waals surface area contributed by atoms with Crippen LogP contribution in [0.3, 0.4) is 0 Å². The third-order valence-electron chi connectivity index (χ3n) is 4.91. The van der Waals surface area contributed by atoms with E-state index < -0.39 is 0 Å². The Morgan fingerprint density at radius 2 is 1.88 bits per heavy atom. The van der Waals surface area contributed by atoms with Gasteiger partial charge in [0.2, 0.25) is 0 Å². The molecule has 1 fully saturated rings. The molecule has 0 aromatic carbocycles. The number of thioether (sulfide) groups is 1. The van der Waals surface area contributed by atoms with E-state index in [0.29, 0.717) is 28.5 Å². The van der Waals surface area contributed by atoms with Crippen LogP contribution in [0, 0.1) is 29.6 Å². The highest BCUT2D eigenvalue weighted by atomic mass is 32.2. The highest BCUT2D eigenvalue weighted by Crippen LogP contribution is 2.36. The van der Waals surface area contributed by atoms with Crippen LogP contribution in [0.15, 0.2) is 34.9 Å². The molecule has 12 heteroatoms. The van der Waals surface area contributed by atoms with E-state index in [2.05, 4.69) is 52.6 Å². The van der Waals surface area contributed by atoms with E-state index in [1.807, 2.05) is 18.7 Å². The lowest BCUT2D eigenvalue weighted by Gasteiger charge is -2.29. The molecule has 0 spiro atoms. The molecule has 4 heterocycles. The summed E-state index contributed by atoms with van der Waals surface area (Å²) in [7, 11) is 1.74. The number of anilines is 2. The van der Waals surface area contributed by atoms with Gasteiger partial charge >= 0.3 is 0 Å². The first kappa shape index (κ1) is 21.2. The molecule has 1 aliphatic rings. The largest absolute Gasteiger partial charge is 0.371 e. The number of rotatable bonds is 5. The molecule has 3 aromatic rings. The van der Waals surface area contributed by atoms with Crippen molar-refractivity contribution in [3.05, 3.63) is 41.3 Å². The van der Waals surface area contributed by atoms with Crippen LogP contribution in [0.5, 0.6) is 0 Å². The van der Waals surface area contributed by atoms with Gasteiger partial charge in [-0.05, 0) is 13.0 Å². The number of hydrogen-bond donors (Lipinski definition) is 1. The second-order valence-electron chi connectivity index (χ2n) is 6.75. The van der Waals surface area contributed by atoms with Crippen LogP contribution in [-0.4, -0.2) is 56.4 Å². The van der Waals surface area contributed by atoms with Crippen molar-refractivity contribution in [1.29, 1.82) is 10.5 Å². The highest BCUT2D eigenvalue weighted by molar-refractivity contribution is 7.99. The summed E-state index contributed by atoms with van der Waals surface area (Å²) in [6.45, 7) is 3.48. The van der Waals surface area contributed by atoms with Crippen LogP contribution in [0.25, 0.3) is 5.95 Å². The quantitative estimate of drug-likeness (QED) is 0.585. The Labute approximate surface area is 188 Å². The molecule has 1 saturated heterocycles. The van der Waals surface area contributed by atoms with Crippen molar-refractivity contribution < 1.29 is 0 Å². The Hall–Kier alpha value is -4.03. The molecule has 0 bridgehead atoms. The predicted molar refractivity (Wildman–Crippen MR) is 121 cm³/mol. The van der Waals surface area contributed by atoms with Gasteiger partial charge in [0.05, 0.1) is 11.8 Å². The van der Waals surface area contributed by atoms with E-state index in [1.54, 1.807) is 25.5 Å². The van der Waals surface area contributed by atoms with E-state index in [1.165, 1.54) is 10.9 Å². The topological polar surface area (TPSA) is 144 Å². The zero-order valence-electron chi connectivity index (χ0n) is 17.5. The minimum Gasteiger partial charge on any atom is -0.371 e. The van der Waals surface area contributed by atoms with Crippen LogP contribution in [0.2, 0.25) is 0 Å². The second kappa shape index (κ2) is 9.41. The second-order valence-corrected chi connectivity index (χ2v) is 7.97. The molecule has 1 aliphatic heterocycles. The van der Waals surface area contributed by atoms with Crippen LogP contribution in [0.4, 0.5) is 23.1 Å². The van der Waals surface area contributed by atoms with Crippen LogP contribution < -0.4 is 10.2 Å². The molecule has 4 rings (SSSR count). The molecular weight excluding hydrogens is 426 g/mol. The van der Waals surface area contributed by atoms with Crippen molar-refractivity contribution in [2.75, 3.05) is 41.9 Å². The van der Waals surface area contributed by atoms with Gasteiger partial charge in [0, 0.05) is 49.6 Å². The van der Waals surface area contributed by atoms with Crippen molar-refractivity contribution >= 4 is 34.9 Å². The molecule has 0 saturated carbocycles. The van der Waals surface area contributed by atoms with Crippen LogP contribution in [-0.2, 0) is 0 Å². The lowest BCUT2D eigenvalue weighted by Crippen LogP contribution is -2.34. The Kier molecular flexibility index (Phi) is 6.24. The minimum absolute atomic E-state index is 0.191. The standard InChI is InChI=1S/C20H19N11S/c1-13-15(11-22)19(30-6-8-32-9-7-30)27-17(23-2)16(13)28-29-18-14(10-21)12-26-31(18)20-24-4-3-5-25-20/h3-5,12H,6-9H2,1-2H3,(H,23,27). The fourth-order valence-electron chi connectivity index (χ4n) is 3.27. The number of pyridine rings is 1. The van der Waals surface area contributed by atoms with Crippen molar-refractivity contribution in [3.8, 4) is 18.1 Å². The first-order valence-corrected chi connectivity index (χ1v) is 11.0. The van der Waals surface area contributed by atoms with Gasteiger partial charge in [-0.3, -0.25) is 0 Å². The summed E-state index contributed by atoms with van der Waals surface area (Å²) < 4.78 is 1.34. The molecule has 0 radical (unpaired) electrons. The Morgan fingerprint density at radius 1 is 1.12 bits per heavy atom. The maximum absolute atomic E-state index is 9.86. The van der Waals surface area contributed by atoms with Crippen LogP contribution >= 0.6 is 11.8 Å². The zero-order valence-corrected chi connectivity index (χ0v) is 18.3. The average molecular weight is 446 g/mol. The molecule has 3 aromatic heterocycles.